The third-order valence-corrected chi connectivity index (χ3v) is 2.30. The van der Waals surface area contributed by atoms with Gasteiger partial charge in [0.2, 0.25) is 0 Å². The number of nitrogens with zero attached hydrogens (tertiary/aromatic N) is 2. The smallest absolute Gasteiger partial charge is 0.344 e. The molecule has 0 fully saturated rings. The molecular weight excluding hydrogens is 219 g/mol. The normalized spacial score (nSPS) is 12.6. The van der Waals surface area contributed by atoms with E-state index in [2.05, 4.69) is 15.0 Å². The predicted molar refractivity (Wildman–Crippen MR) is 53.0 cm³/mol. The Kier molecular flexibility index (Phi) is 2.36. The topological polar surface area (TPSA) is 41.6 Å². The van der Waals surface area contributed by atoms with Crippen molar-refractivity contribution in [3.63, 3.8) is 0 Å². The van der Waals surface area contributed by atoms with Crippen LogP contribution in [0, 0.1) is 0 Å². The highest BCUT2D eigenvalue weighted by Crippen LogP contribution is 2.33. The summed E-state index contributed by atoms with van der Waals surface area (Å²) < 4.78 is 37.8. The number of nitrogens with one attached hydrogen (secondary N) is 1. The minimum absolute atomic E-state index is 0.0490. The van der Waals surface area contributed by atoms with Crippen LogP contribution < -0.4 is 0 Å². The molecule has 0 saturated carbocycles. The van der Waals surface area contributed by atoms with E-state index in [4.69, 9.17) is 0 Å². The Morgan fingerprint density at radius 1 is 1.31 bits per heavy atom. The van der Waals surface area contributed by atoms with E-state index < -0.39 is 11.7 Å². The molecule has 2 heterocycles. The van der Waals surface area contributed by atoms with Crippen molar-refractivity contribution in [2.75, 3.05) is 0 Å². The van der Waals surface area contributed by atoms with Gasteiger partial charge in [-0.15, -0.1) is 0 Å². The van der Waals surface area contributed by atoms with E-state index in [9.17, 15) is 13.2 Å². The van der Waals surface area contributed by atoms with Crippen molar-refractivity contribution in [2.24, 2.45) is 0 Å². The fraction of sp³-hybridized carbons (Fsp3) is 0.400. The molecule has 1 N–H and O–H groups in total. The van der Waals surface area contributed by atoms with E-state index in [1.165, 1.54) is 6.20 Å². The maximum absolute atomic E-state index is 12.6. The van der Waals surface area contributed by atoms with Crippen molar-refractivity contribution < 1.29 is 13.2 Å². The summed E-state index contributed by atoms with van der Waals surface area (Å²) in [5.74, 6) is 0.0490. The second kappa shape index (κ2) is 3.47. The average molecular weight is 229 g/mol. The summed E-state index contributed by atoms with van der Waals surface area (Å²) in [7, 11) is 0. The Morgan fingerprint density at radius 2 is 2.00 bits per heavy atom. The van der Waals surface area contributed by atoms with Gasteiger partial charge in [-0.25, -0.2) is 9.97 Å². The van der Waals surface area contributed by atoms with E-state index >= 15 is 0 Å². The summed E-state index contributed by atoms with van der Waals surface area (Å²) in [4.78, 5) is 10.4. The van der Waals surface area contributed by atoms with Crippen LogP contribution in [0.25, 0.3) is 11.2 Å². The number of halogens is 3. The van der Waals surface area contributed by atoms with Crippen LogP contribution in [0.15, 0.2) is 12.4 Å². The minimum Gasteiger partial charge on any atom is -0.344 e. The van der Waals surface area contributed by atoms with Crippen molar-refractivity contribution in [2.45, 2.75) is 25.9 Å². The van der Waals surface area contributed by atoms with Crippen molar-refractivity contribution in [1.29, 1.82) is 0 Å². The van der Waals surface area contributed by atoms with Crippen LogP contribution in [0.4, 0.5) is 13.2 Å². The van der Waals surface area contributed by atoms with E-state index in [0.717, 1.165) is 6.20 Å². The van der Waals surface area contributed by atoms with Crippen molar-refractivity contribution >= 4 is 11.2 Å². The van der Waals surface area contributed by atoms with Crippen molar-refractivity contribution in [3.8, 4) is 0 Å². The first-order chi connectivity index (χ1) is 7.39. The molecule has 0 aliphatic heterocycles. The molecule has 3 nitrogen and oxygen atoms in total. The monoisotopic (exact) mass is 229 g/mol. The highest BCUT2D eigenvalue weighted by atomic mass is 19.4. The molecule has 0 aliphatic rings. The fourth-order valence-corrected chi connectivity index (χ4v) is 1.40. The molecule has 0 saturated heterocycles. The molecule has 2 aromatic rings. The molecule has 0 bridgehead atoms. The van der Waals surface area contributed by atoms with Gasteiger partial charge in [-0.05, 0) is 5.92 Å². The Morgan fingerprint density at radius 3 is 2.56 bits per heavy atom. The van der Waals surface area contributed by atoms with Crippen LogP contribution in [0.5, 0.6) is 0 Å². The first kappa shape index (κ1) is 10.9. The predicted octanol–water partition coefficient (Wildman–Crippen LogP) is 3.10. The Bertz CT molecular complexity index is 513. The van der Waals surface area contributed by atoms with Crippen LogP contribution in [0.1, 0.15) is 31.0 Å². The molecule has 2 aromatic heterocycles. The molecule has 86 valence electrons. The first-order valence-corrected chi connectivity index (χ1v) is 4.81. The number of alkyl halides is 3. The van der Waals surface area contributed by atoms with Crippen LogP contribution in [-0.2, 0) is 6.18 Å². The Balaban J connectivity index is 2.65. The number of H-pyrrole nitrogens is 1. The van der Waals surface area contributed by atoms with Crippen LogP contribution >= 0.6 is 0 Å². The van der Waals surface area contributed by atoms with Gasteiger partial charge in [0.15, 0.2) is 5.65 Å². The van der Waals surface area contributed by atoms with Gasteiger partial charge in [0.25, 0.3) is 0 Å². The molecule has 0 aliphatic carbocycles. The van der Waals surface area contributed by atoms with E-state index in [0.29, 0.717) is 5.69 Å². The zero-order valence-corrected chi connectivity index (χ0v) is 8.76. The van der Waals surface area contributed by atoms with Crippen molar-refractivity contribution in [1.82, 2.24) is 15.0 Å². The van der Waals surface area contributed by atoms with Crippen molar-refractivity contribution in [3.05, 3.63) is 23.7 Å². The quantitative estimate of drug-likeness (QED) is 0.816. The Hall–Kier alpha value is -1.59. The van der Waals surface area contributed by atoms with Gasteiger partial charge >= 0.3 is 6.18 Å². The average Bonchev–Trinajstić information content (AvgIpc) is 2.58. The molecule has 0 radical (unpaired) electrons. The zero-order chi connectivity index (χ0) is 11.9. The highest BCUT2D eigenvalue weighted by Gasteiger charge is 2.34. The molecule has 0 spiro atoms. The lowest BCUT2D eigenvalue weighted by Crippen LogP contribution is -2.05. The molecule has 6 heteroatoms. The molecule has 0 amide bonds. The SMILES string of the molecule is CC(C)c1cnc2[nH]cc(C(F)(F)F)c2n1. The number of hydrogen-bond acceptors (Lipinski definition) is 2. The summed E-state index contributed by atoms with van der Waals surface area (Å²) >= 11 is 0. The number of rotatable bonds is 1. The maximum atomic E-state index is 12.6. The standard InChI is InChI=1S/C10H10F3N3/c1-5(2)7-4-15-9-8(16-7)6(3-14-9)10(11,12)13/h3-5H,1-2H3,(H,14,15). The van der Waals surface area contributed by atoms with Gasteiger partial charge in [-0.2, -0.15) is 13.2 Å². The van der Waals surface area contributed by atoms with E-state index in [1.54, 1.807) is 0 Å². The van der Waals surface area contributed by atoms with Gasteiger partial charge < -0.3 is 4.98 Å². The fourth-order valence-electron chi connectivity index (χ4n) is 1.40. The molecule has 0 unspecified atom stereocenters. The van der Waals surface area contributed by atoms with Gasteiger partial charge in [0.05, 0.1) is 11.9 Å². The highest BCUT2D eigenvalue weighted by molar-refractivity contribution is 5.75. The summed E-state index contributed by atoms with van der Waals surface area (Å²) in [5.41, 5.74) is -0.162. The van der Waals surface area contributed by atoms with Gasteiger partial charge in [0, 0.05) is 6.20 Å². The summed E-state index contributed by atoms with van der Waals surface area (Å²) in [6.07, 6.45) is -2.01. The maximum Gasteiger partial charge on any atom is 0.420 e. The third kappa shape index (κ3) is 1.75. The lowest BCUT2D eigenvalue weighted by molar-refractivity contribution is -0.136. The van der Waals surface area contributed by atoms with Gasteiger partial charge in [0.1, 0.15) is 11.1 Å². The summed E-state index contributed by atoms with van der Waals surface area (Å²) in [5, 5.41) is 0. The summed E-state index contributed by atoms with van der Waals surface area (Å²) in [6.45, 7) is 3.71. The molecule has 0 atom stereocenters. The Labute approximate surface area is 89.7 Å². The van der Waals surface area contributed by atoms with Crippen LogP contribution in [0.2, 0.25) is 0 Å². The lowest BCUT2D eigenvalue weighted by Gasteiger charge is -2.06. The minimum atomic E-state index is -4.40. The second-order valence-electron chi connectivity index (χ2n) is 3.85. The zero-order valence-electron chi connectivity index (χ0n) is 8.76. The summed E-state index contributed by atoms with van der Waals surface area (Å²) in [6, 6.07) is 0. The number of fused-ring (bicyclic) bond motifs is 1. The first-order valence-electron chi connectivity index (χ1n) is 4.81. The number of hydrogen-bond donors (Lipinski definition) is 1. The van der Waals surface area contributed by atoms with Gasteiger partial charge in [-0.3, -0.25) is 0 Å². The lowest BCUT2D eigenvalue weighted by atomic mass is 10.1. The van der Waals surface area contributed by atoms with E-state index in [1.807, 2.05) is 13.8 Å². The largest absolute Gasteiger partial charge is 0.420 e. The molecule has 16 heavy (non-hydrogen) atoms. The molecule has 2 rings (SSSR count). The van der Waals surface area contributed by atoms with Crippen LogP contribution in [-0.4, -0.2) is 15.0 Å². The number of aromatic nitrogens is 3. The molecular formula is C10H10F3N3. The van der Waals surface area contributed by atoms with Gasteiger partial charge in [-0.1, -0.05) is 13.8 Å². The number of aromatic amines is 1. The van der Waals surface area contributed by atoms with Crippen LogP contribution in [0.3, 0.4) is 0 Å². The third-order valence-electron chi connectivity index (χ3n) is 2.30. The molecule has 0 aromatic carbocycles. The van der Waals surface area contributed by atoms with E-state index in [-0.39, 0.29) is 17.1 Å². The second-order valence-corrected chi connectivity index (χ2v) is 3.85.